The molecular weight excluding hydrogens is 213 g/mol. The van der Waals surface area contributed by atoms with Crippen LogP contribution < -0.4 is 5.32 Å². The maximum absolute atomic E-state index is 12.9. The molecule has 0 aromatic heterocycles. The lowest BCUT2D eigenvalue weighted by Crippen LogP contribution is -2.23. The standard InChI is InChI=1S/C15H18FN/c1-2-3-4-11-17-15(12-5-6-12)13-7-9-14(16)10-8-13/h7-10,12,15,17H,4-6,11H2,1H3. The van der Waals surface area contributed by atoms with Crippen molar-refractivity contribution in [3.8, 4) is 11.8 Å². The second-order valence-electron chi connectivity index (χ2n) is 4.50. The fraction of sp³-hybridized carbons (Fsp3) is 0.467. The van der Waals surface area contributed by atoms with E-state index in [1.807, 2.05) is 19.1 Å². The van der Waals surface area contributed by atoms with Gasteiger partial charge in [-0.2, -0.15) is 0 Å². The van der Waals surface area contributed by atoms with Crippen LogP contribution in [0.15, 0.2) is 24.3 Å². The van der Waals surface area contributed by atoms with Crippen LogP contribution in [0.4, 0.5) is 4.39 Å². The van der Waals surface area contributed by atoms with Crippen LogP contribution in [0.3, 0.4) is 0 Å². The van der Waals surface area contributed by atoms with Crippen molar-refractivity contribution in [2.45, 2.75) is 32.2 Å². The summed E-state index contributed by atoms with van der Waals surface area (Å²) in [6, 6.07) is 7.22. The number of hydrogen-bond donors (Lipinski definition) is 1. The van der Waals surface area contributed by atoms with Crippen molar-refractivity contribution in [3.05, 3.63) is 35.6 Å². The zero-order chi connectivity index (χ0) is 12.1. The van der Waals surface area contributed by atoms with E-state index < -0.39 is 0 Å². The highest BCUT2D eigenvalue weighted by atomic mass is 19.1. The Hall–Kier alpha value is -1.33. The third-order valence-corrected chi connectivity index (χ3v) is 3.11. The molecule has 90 valence electrons. The van der Waals surface area contributed by atoms with Gasteiger partial charge in [0, 0.05) is 19.0 Å². The Balaban J connectivity index is 1.96. The van der Waals surface area contributed by atoms with Crippen molar-refractivity contribution in [3.63, 3.8) is 0 Å². The van der Waals surface area contributed by atoms with Crippen LogP contribution in [0, 0.1) is 23.6 Å². The lowest BCUT2D eigenvalue weighted by Gasteiger charge is -2.18. The highest BCUT2D eigenvalue weighted by molar-refractivity contribution is 5.22. The second kappa shape index (κ2) is 5.84. The van der Waals surface area contributed by atoms with Crippen LogP contribution in [0.5, 0.6) is 0 Å². The predicted octanol–water partition coefficient (Wildman–Crippen LogP) is 3.28. The van der Waals surface area contributed by atoms with E-state index in [4.69, 9.17) is 0 Å². The van der Waals surface area contributed by atoms with E-state index in [0.29, 0.717) is 6.04 Å². The van der Waals surface area contributed by atoms with Crippen molar-refractivity contribution in [2.24, 2.45) is 5.92 Å². The highest BCUT2D eigenvalue weighted by Gasteiger charge is 2.31. The zero-order valence-electron chi connectivity index (χ0n) is 10.2. The molecule has 1 saturated carbocycles. The lowest BCUT2D eigenvalue weighted by atomic mass is 10.0. The number of nitrogens with one attached hydrogen (secondary N) is 1. The molecule has 0 aliphatic heterocycles. The number of rotatable bonds is 5. The molecule has 0 heterocycles. The van der Waals surface area contributed by atoms with Crippen LogP contribution in [0.1, 0.15) is 37.8 Å². The van der Waals surface area contributed by atoms with Crippen LogP contribution in [-0.4, -0.2) is 6.54 Å². The number of halogens is 1. The van der Waals surface area contributed by atoms with Gasteiger partial charge < -0.3 is 5.32 Å². The number of benzene rings is 1. The summed E-state index contributed by atoms with van der Waals surface area (Å²) in [5, 5.41) is 3.53. The van der Waals surface area contributed by atoms with Crippen LogP contribution in [0.2, 0.25) is 0 Å². The monoisotopic (exact) mass is 231 g/mol. The molecule has 2 heteroatoms. The Labute approximate surface area is 102 Å². The van der Waals surface area contributed by atoms with Crippen molar-refractivity contribution in [1.29, 1.82) is 0 Å². The Morgan fingerprint density at radius 2 is 2.06 bits per heavy atom. The Morgan fingerprint density at radius 3 is 2.65 bits per heavy atom. The fourth-order valence-corrected chi connectivity index (χ4v) is 2.07. The van der Waals surface area contributed by atoms with E-state index in [0.717, 1.165) is 18.9 Å². The van der Waals surface area contributed by atoms with Crippen LogP contribution in [0.25, 0.3) is 0 Å². The van der Waals surface area contributed by atoms with Gasteiger partial charge in [-0.15, -0.1) is 11.8 Å². The summed E-state index contributed by atoms with van der Waals surface area (Å²) in [6.45, 7) is 2.76. The summed E-state index contributed by atoms with van der Waals surface area (Å²) in [4.78, 5) is 0. The normalized spacial score (nSPS) is 16.1. The summed E-state index contributed by atoms with van der Waals surface area (Å²) >= 11 is 0. The average Bonchev–Trinajstić information content (AvgIpc) is 3.15. The van der Waals surface area contributed by atoms with E-state index in [1.54, 1.807) is 0 Å². The Bertz CT molecular complexity index is 409. The molecule has 0 bridgehead atoms. The first kappa shape index (κ1) is 12.1. The van der Waals surface area contributed by atoms with Gasteiger partial charge in [0.05, 0.1) is 0 Å². The third kappa shape index (κ3) is 3.57. The van der Waals surface area contributed by atoms with E-state index >= 15 is 0 Å². The molecule has 0 spiro atoms. The maximum atomic E-state index is 12.9. The van der Waals surface area contributed by atoms with Crippen molar-refractivity contribution >= 4 is 0 Å². The zero-order valence-corrected chi connectivity index (χ0v) is 10.2. The fourth-order valence-electron chi connectivity index (χ4n) is 2.07. The SMILES string of the molecule is CC#CCCNC(c1ccc(F)cc1)C1CC1. The van der Waals surface area contributed by atoms with Crippen LogP contribution in [-0.2, 0) is 0 Å². The smallest absolute Gasteiger partial charge is 0.123 e. The first-order valence-electron chi connectivity index (χ1n) is 6.19. The first-order valence-corrected chi connectivity index (χ1v) is 6.19. The molecule has 0 radical (unpaired) electrons. The molecule has 17 heavy (non-hydrogen) atoms. The molecule has 0 saturated heterocycles. The first-order chi connectivity index (χ1) is 8.31. The molecule has 1 atom stereocenters. The molecule has 1 aromatic rings. The topological polar surface area (TPSA) is 12.0 Å². The van der Waals surface area contributed by atoms with E-state index in [9.17, 15) is 4.39 Å². The predicted molar refractivity (Wildman–Crippen MR) is 67.9 cm³/mol. The summed E-state index contributed by atoms with van der Waals surface area (Å²) in [5.41, 5.74) is 1.19. The van der Waals surface area contributed by atoms with Crippen molar-refractivity contribution in [2.75, 3.05) is 6.54 Å². The van der Waals surface area contributed by atoms with Gasteiger partial charge in [0.25, 0.3) is 0 Å². The minimum absolute atomic E-state index is 0.167. The highest BCUT2D eigenvalue weighted by Crippen LogP contribution is 2.40. The molecule has 2 rings (SSSR count). The summed E-state index contributed by atoms with van der Waals surface area (Å²) < 4.78 is 12.9. The van der Waals surface area contributed by atoms with Gasteiger partial charge in [0.1, 0.15) is 5.82 Å². The third-order valence-electron chi connectivity index (χ3n) is 3.11. The van der Waals surface area contributed by atoms with Crippen molar-refractivity contribution in [1.82, 2.24) is 5.32 Å². The largest absolute Gasteiger partial charge is 0.309 e. The van der Waals surface area contributed by atoms with Gasteiger partial charge in [-0.05, 0) is 43.4 Å². The molecule has 1 aliphatic carbocycles. The lowest BCUT2D eigenvalue weighted by molar-refractivity contribution is 0.487. The van der Waals surface area contributed by atoms with Gasteiger partial charge >= 0.3 is 0 Å². The molecule has 1 unspecified atom stereocenters. The summed E-state index contributed by atoms with van der Waals surface area (Å²) in [6.07, 6.45) is 3.42. The molecule has 1 fully saturated rings. The summed E-state index contributed by atoms with van der Waals surface area (Å²) in [7, 11) is 0. The second-order valence-corrected chi connectivity index (χ2v) is 4.50. The molecule has 1 aromatic carbocycles. The molecule has 0 amide bonds. The minimum atomic E-state index is -0.167. The molecule has 1 nitrogen and oxygen atoms in total. The van der Waals surface area contributed by atoms with E-state index in [-0.39, 0.29) is 5.82 Å². The van der Waals surface area contributed by atoms with Crippen LogP contribution >= 0.6 is 0 Å². The quantitative estimate of drug-likeness (QED) is 0.605. The van der Waals surface area contributed by atoms with E-state index in [1.165, 1.54) is 30.5 Å². The van der Waals surface area contributed by atoms with Gasteiger partial charge in [-0.3, -0.25) is 0 Å². The van der Waals surface area contributed by atoms with Gasteiger partial charge in [0.15, 0.2) is 0 Å². The van der Waals surface area contributed by atoms with Gasteiger partial charge in [-0.25, -0.2) is 4.39 Å². The maximum Gasteiger partial charge on any atom is 0.123 e. The average molecular weight is 231 g/mol. The minimum Gasteiger partial charge on any atom is -0.309 e. The van der Waals surface area contributed by atoms with Crippen molar-refractivity contribution < 1.29 is 4.39 Å². The van der Waals surface area contributed by atoms with Gasteiger partial charge in [-0.1, -0.05) is 12.1 Å². The van der Waals surface area contributed by atoms with E-state index in [2.05, 4.69) is 17.2 Å². The molecule has 1 aliphatic rings. The Morgan fingerprint density at radius 1 is 1.35 bits per heavy atom. The molecular formula is C15H18FN. The Kier molecular flexibility index (Phi) is 4.17. The summed E-state index contributed by atoms with van der Waals surface area (Å²) in [5.74, 6) is 6.50. The molecule has 1 N–H and O–H groups in total. The number of hydrogen-bond acceptors (Lipinski definition) is 1. The van der Waals surface area contributed by atoms with Gasteiger partial charge in [0.2, 0.25) is 0 Å².